The first kappa shape index (κ1) is 11.1. The minimum absolute atomic E-state index is 0.195. The quantitative estimate of drug-likeness (QED) is 0.835. The van der Waals surface area contributed by atoms with Crippen molar-refractivity contribution in [2.24, 2.45) is 5.73 Å². The van der Waals surface area contributed by atoms with E-state index in [4.69, 9.17) is 5.73 Å². The summed E-state index contributed by atoms with van der Waals surface area (Å²) in [6, 6.07) is 10.4. The first-order valence-electron chi connectivity index (χ1n) is 5.60. The van der Waals surface area contributed by atoms with Crippen LogP contribution in [-0.4, -0.2) is 10.5 Å². The van der Waals surface area contributed by atoms with Gasteiger partial charge in [0.15, 0.2) is 0 Å². The van der Waals surface area contributed by atoms with Crippen molar-refractivity contribution in [3.05, 3.63) is 41.6 Å². The molecule has 0 radical (unpaired) electrons. The van der Waals surface area contributed by atoms with E-state index in [1.54, 1.807) is 0 Å². The molecule has 16 heavy (non-hydrogen) atoms. The second kappa shape index (κ2) is 3.87. The van der Waals surface area contributed by atoms with Crippen LogP contribution < -0.4 is 5.73 Å². The van der Waals surface area contributed by atoms with Crippen molar-refractivity contribution in [3.8, 4) is 0 Å². The van der Waals surface area contributed by atoms with Crippen LogP contribution in [0.1, 0.15) is 25.1 Å². The molecule has 0 atom stereocenters. The van der Waals surface area contributed by atoms with Gasteiger partial charge in [-0.25, -0.2) is 0 Å². The van der Waals surface area contributed by atoms with E-state index in [1.807, 2.05) is 26.8 Å². The molecule has 84 valence electrons. The molecule has 2 rings (SSSR count). The number of hydrogen-bond donors (Lipinski definition) is 1. The highest BCUT2D eigenvalue weighted by Crippen LogP contribution is 2.20. The summed E-state index contributed by atoms with van der Waals surface area (Å²) in [6.45, 7) is 6.10. The zero-order chi connectivity index (χ0) is 11.8. The van der Waals surface area contributed by atoms with Crippen LogP contribution in [0.5, 0.6) is 0 Å². The maximum atomic E-state index is 6.07. The molecule has 0 bridgehead atoms. The van der Waals surface area contributed by atoms with E-state index in [2.05, 4.69) is 29.2 Å². The summed E-state index contributed by atoms with van der Waals surface area (Å²) in [7, 11) is 0. The number of nitrogens with zero attached hydrogens (tertiary/aromatic N) is 1. The molecule has 0 unspecified atom stereocenters. The summed E-state index contributed by atoms with van der Waals surface area (Å²) in [4.78, 5) is 4.60. The van der Waals surface area contributed by atoms with Crippen LogP contribution in [0, 0.1) is 6.92 Å². The third kappa shape index (κ3) is 2.39. The lowest BCUT2D eigenvalue weighted by molar-refractivity contribution is 0.518. The minimum atomic E-state index is -0.195. The molecule has 0 spiro atoms. The third-order valence-corrected chi connectivity index (χ3v) is 2.59. The Hall–Kier alpha value is -1.41. The summed E-state index contributed by atoms with van der Waals surface area (Å²) in [5.41, 5.74) is 9.24. The van der Waals surface area contributed by atoms with Crippen molar-refractivity contribution < 1.29 is 0 Å². The van der Waals surface area contributed by atoms with Crippen LogP contribution in [0.4, 0.5) is 0 Å². The third-order valence-electron chi connectivity index (χ3n) is 2.59. The number of para-hydroxylation sites is 1. The number of rotatable bonds is 2. The fraction of sp³-hybridized carbons (Fsp3) is 0.357. The van der Waals surface area contributed by atoms with Crippen molar-refractivity contribution in [1.29, 1.82) is 0 Å². The van der Waals surface area contributed by atoms with E-state index in [9.17, 15) is 0 Å². The summed E-state index contributed by atoms with van der Waals surface area (Å²) in [6.07, 6.45) is 0.848. The molecule has 2 nitrogen and oxygen atoms in total. The van der Waals surface area contributed by atoms with Gasteiger partial charge in [0.25, 0.3) is 0 Å². The fourth-order valence-corrected chi connectivity index (χ4v) is 1.94. The predicted octanol–water partition coefficient (Wildman–Crippen LogP) is 2.82. The van der Waals surface area contributed by atoms with Crippen molar-refractivity contribution in [1.82, 2.24) is 4.98 Å². The van der Waals surface area contributed by atoms with Gasteiger partial charge in [-0.3, -0.25) is 4.98 Å². The number of aryl methyl sites for hydroxylation is 1. The van der Waals surface area contributed by atoms with Gasteiger partial charge in [-0.2, -0.15) is 0 Å². The lowest BCUT2D eigenvalue weighted by atomic mass is 9.94. The fourth-order valence-electron chi connectivity index (χ4n) is 1.94. The zero-order valence-electron chi connectivity index (χ0n) is 10.1. The summed E-state index contributed by atoms with van der Waals surface area (Å²) >= 11 is 0. The number of benzene rings is 1. The number of pyridine rings is 1. The lowest BCUT2D eigenvalue weighted by Crippen LogP contribution is -2.34. The monoisotopic (exact) mass is 214 g/mol. The smallest absolute Gasteiger partial charge is 0.0737 e. The van der Waals surface area contributed by atoms with E-state index in [0.29, 0.717) is 0 Å². The Kier molecular flexibility index (Phi) is 2.68. The Balaban J connectivity index is 2.56. The molecule has 1 heterocycles. The summed E-state index contributed by atoms with van der Waals surface area (Å²) in [5.74, 6) is 0. The minimum Gasteiger partial charge on any atom is -0.325 e. The van der Waals surface area contributed by atoms with Gasteiger partial charge in [0, 0.05) is 16.6 Å². The van der Waals surface area contributed by atoms with Gasteiger partial charge in [-0.15, -0.1) is 0 Å². The van der Waals surface area contributed by atoms with Crippen LogP contribution in [0.3, 0.4) is 0 Å². The van der Waals surface area contributed by atoms with Gasteiger partial charge in [-0.05, 0) is 38.8 Å². The van der Waals surface area contributed by atoms with Gasteiger partial charge < -0.3 is 5.73 Å². The van der Waals surface area contributed by atoms with E-state index in [1.165, 1.54) is 10.9 Å². The van der Waals surface area contributed by atoms with Gasteiger partial charge in [0.2, 0.25) is 0 Å². The highest BCUT2D eigenvalue weighted by molar-refractivity contribution is 5.82. The van der Waals surface area contributed by atoms with E-state index in [-0.39, 0.29) is 5.54 Å². The Morgan fingerprint density at radius 1 is 1.19 bits per heavy atom. The SMILES string of the molecule is Cc1ccc2cccc(CC(C)(C)N)c2n1. The van der Waals surface area contributed by atoms with E-state index in [0.717, 1.165) is 17.6 Å². The maximum absolute atomic E-state index is 6.07. The van der Waals surface area contributed by atoms with Crippen LogP contribution in [-0.2, 0) is 6.42 Å². The molecule has 2 heteroatoms. The molecule has 0 aliphatic rings. The molecule has 1 aromatic carbocycles. The Labute approximate surface area is 96.5 Å². The number of nitrogens with two attached hydrogens (primary N) is 1. The molecular formula is C14H18N2. The largest absolute Gasteiger partial charge is 0.325 e. The molecule has 2 aromatic rings. The van der Waals surface area contributed by atoms with Gasteiger partial charge >= 0.3 is 0 Å². The number of fused-ring (bicyclic) bond motifs is 1. The normalized spacial score (nSPS) is 12.0. The molecule has 2 N–H and O–H groups in total. The van der Waals surface area contributed by atoms with E-state index < -0.39 is 0 Å². The summed E-state index contributed by atoms with van der Waals surface area (Å²) < 4.78 is 0. The first-order valence-corrected chi connectivity index (χ1v) is 5.60. The molecule has 0 aliphatic heterocycles. The summed E-state index contributed by atoms with van der Waals surface area (Å²) in [5, 5.41) is 1.19. The molecular weight excluding hydrogens is 196 g/mol. The van der Waals surface area contributed by atoms with Crippen molar-refractivity contribution in [2.45, 2.75) is 32.7 Å². The highest BCUT2D eigenvalue weighted by atomic mass is 14.7. The van der Waals surface area contributed by atoms with Gasteiger partial charge in [0.05, 0.1) is 5.52 Å². The average molecular weight is 214 g/mol. The molecule has 0 aliphatic carbocycles. The Morgan fingerprint density at radius 3 is 2.62 bits per heavy atom. The predicted molar refractivity (Wildman–Crippen MR) is 68.5 cm³/mol. The topological polar surface area (TPSA) is 38.9 Å². The molecule has 0 saturated carbocycles. The van der Waals surface area contributed by atoms with Crippen molar-refractivity contribution in [2.75, 3.05) is 0 Å². The van der Waals surface area contributed by atoms with Crippen molar-refractivity contribution >= 4 is 10.9 Å². The molecule has 0 saturated heterocycles. The Morgan fingerprint density at radius 2 is 1.94 bits per heavy atom. The lowest BCUT2D eigenvalue weighted by Gasteiger charge is -2.19. The second-order valence-corrected chi connectivity index (χ2v) is 5.11. The standard InChI is InChI=1S/C14H18N2/c1-10-7-8-11-5-4-6-12(13(11)16-10)9-14(2,3)15/h4-8H,9,15H2,1-3H3. The van der Waals surface area contributed by atoms with Crippen molar-refractivity contribution in [3.63, 3.8) is 0 Å². The van der Waals surface area contributed by atoms with Crippen LogP contribution in [0.15, 0.2) is 30.3 Å². The first-order chi connectivity index (χ1) is 7.46. The molecule has 0 fully saturated rings. The Bertz CT molecular complexity index is 510. The van der Waals surface area contributed by atoms with E-state index >= 15 is 0 Å². The van der Waals surface area contributed by atoms with Crippen LogP contribution in [0.25, 0.3) is 10.9 Å². The zero-order valence-corrected chi connectivity index (χ0v) is 10.1. The van der Waals surface area contributed by atoms with Crippen LogP contribution >= 0.6 is 0 Å². The van der Waals surface area contributed by atoms with Gasteiger partial charge in [-0.1, -0.05) is 24.3 Å². The van der Waals surface area contributed by atoms with Gasteiger partial charge in [0.1, 0.15) is 0 Å². The number of hydrogen-bond acceptors (Lipinski definition) is 2. The maximum Gasteiger partial charge on any atom is 0.0737 e. The van der Waals surface area contributed by atoms with Crippen LogP contribution in [0.2, 0.25) is 0 Å². The second-order valence-electron chi connectivity index (χ2n) is 5.11. The highest BCUT2D eigenvalue weighted by Gasteiger charge is 2.14. The molecule has 1 aromatic heterocycles. The molecule has 0 amide bonds. The number of aromatic nitrogens is 1. The average Bonchev–Trinajstić information content (AvgIpc) is 2.17.